The number of para-hydroxylation sites is 4. The molecule has 4 nitrogen and oxygen atoms in total. The Morgan fingerprint density at radius 2 is 0.904 bits per heavy atom. The summed E-state index contributed by atoms with van der Waals surface area (Å²) in [6.45, 7) is 0. The predicted octanol–water partition coefficient (Wildman–Crippen LogP) is 12.3. The smallest absolute Gasteiger partial charge is 0.235 e. The molecule has 0 N–H and O–H groups in total. The normalized spacial score (nSPS) is 11.8. The number of fused-ring (bicyclic) bond motifs is 8. The van der Waals surface area contributed by atoms with Gasteiger partial charge in [0, 0.05) is 43.7 Å². The summed E-state index contributed by atoms with van der Waals surface area (Å²) >= 11 is 0. The standard InChI is InChI=1S/C48H30N4/c1-2-14-32(15-3-1)46-39-21-6-10-22-41(39)49-48(50-46)52-44-25-13-9-20-38(44)40-30-33-16-4-5-17-35(33)45(47(40)52)31-26-28-34(29-27-31)51-42-23-11-7-18-36(42)37-19-8-12-24-43(37)51/h1-30H. The molecule has 0 aliphatic heterocycles. The SMILES string of the molecule is c1ccc(-c2nc(-n3c4ccccc4c4cc5ccccc5c(-c5ccc(-n6c7ccccc7c7ccccc76)cc5)c43)nc3ccccc23)cc1. The summed E-state index contributed by atoms with van der Waals surface area (Å²) < 4.78 is 4.66. The van der Waals surface area contributed by atoms with E-state index in [-0.39, 0.29) is 0 Å². The summed E-state index contributed by atoms with van der Waals surface area (Å²) in [6, 6.07) is 64.9. The van der Waals surface area contributed by atoms with Gasteiger partial charge in [-0.3, -0.25) is 4.57 Å². The van der Waals surface area contributed by atoms with Crippen LogP contribution in [0, 0.1) is 0 Å². The van der Waals surface area contributed by atoms with E-state index in [1.54, 1.807) is 0 Å². The van der Waals surface area contributed by atoms with E-state index in [0.29, 0.717) is 5.95 Å². The highest BCUT2D eigenvalue weighted by atomic mass is 15.2. The number of rotatable bonds is 4. The van der Waals surface area contributed by atoms with Crippen molar-refractivity contribution in [2.45, 2.75) is 0 Å². The van der Waals surface area contributed by atoms with Crippen molar-refractivity contribution in [2.75, 3.05) is 0 Å². The summed E-state index contributed by atoms with van der Waals surface area (Å²) in [5, 5.41) is 8.28. The lowest BCUT2D eigenvalue weighted by atomic mass is 9.94. The molecule has 0 amide bonds. The summed E-state index contributed by atoms with van der Waals surface area (Å²) in [5.41, 5.74) is 10.9. The fraction of sp³-hybridized carbons (Fsp3) is 0. The van der Waals surface area contributed by atoms with Crippen molar-refractivity contribution in [3.63, 3.8) is 0 Å². The third-order valence-corrected chi connectivity index (χ3v) is 10.5. The summed E-state index contributed by atoms with van der Waals surface area (Å²) in [6.07, 6.45) is 0. The molecule has 11 aromatic rings. The van der Waals surface area contributed by atoms with Crippen molar-refractivity contribution < 1.29 is 0 Å². The topological polar surface area (TPSA) is 35.6 Å². The maximum absolute atomic E-state index is 5.38. The lowest BCUT2D eigenvalue weighted by molar-refractivity contribution is 1.01. The zero-order valence-electron chi connectivity index (χ0n) is 28.1. The van der Waals surface area contributed by atoms with E-state index in [9.17, 15) is 0 Å². The second kappa shape index (κ2) is 11.2. The van der Waals surface area contributed by atoms with Crippen LogP contribution in [0.5, 0.6) is 0 Å². The van der Waals surface area contributed by atoms with Crippen molar-refractivity contribution in [1.82, 2.24) is 19.1 Å². The van der Waals surface area contributed by atoms with Gasteiger partial charge in [0.2, 0.25) is 5.95 Å². The highest BCUT2D eigenvalue weighted by molar-refractivity contribution is 6.21. The minimum Gasteiger partial charge on any atom is -0.309 e. The summed E-state index contributed by atoms with van der Waals surface area (Å²) in [7, 11) is 0. The van der Waals surface area contributed by atoms with Crippen LogP contribution in [0.4, 0.5) is 0 Å². The first-order valence-electron chi connectivity index (χ1n) is 17.7. The molecular formula is C48H30N4. The first-order valence-corrected chi connectivity index (χ1v) is 17.7. The molecular weight excluding hydrogens is 633 g/mol. The quantitative estimate of drug-likeness (QED) is 0.188. The molecule has 0 saturated heterocycles. The van der Waals surface area contributed by atoms with Crippen LogP contribution in [0.3, 0.4) is 0 Å². The zero-order chi connectivity index (χ0) is 34.2. The van der Waals surface area contributed by atoms with Crippen LogP contribution in [0.25, 0.3) is 99.3 Å². The Balaban J connectivity index is 1.22. The highest BCUT2D eigenvalue weighted by Crippen LogP contribution is 2.43. The Labute approximate surface area is 299 Å². The number of hydrogen-bond acceptors (Lipinski definition) is 2. The first-order chi connectivity index (χ1) is 25.8. The Kier molecular flexibility index (Phi) is 6.22. The predicted molar refractivity (Wildman–Crippen MR) is 217 cm³/mol. The van der Waals surface area contributed by atoms with E-state index in [1.165, 1.54) is 43.4 Å². The van der Waals surface area contributed by atoms with E-state index in [0.717, 1.165) is 50.0 Å². The molecule has 242 valence electrons. The second-order valence-corrected chi connectivity index (χ2v) is 13.4. The highest BCUT2D eigenvalue weighted by Gasteiger charge is 2.22. The molecule has 4 heteroatoms. The Hall–Kier alpha value is -7.04. The van der Waals surface area contributed by atoms with Crippen LogP contribution < -0.4 is 0 Å². The van der Waals surface area contributed by atoms with Crippen LogP contribution in [0.1, 0.15) is 0 Å². The fourth-order valence-corrected chi connectivity index (χ4v) is 8.25. The van der Waals surface area contributed by atoms with Gasteiger partial charge in [0.15, 0.2) is 0 Å². The molecule has 0 unspecified atom stereocenters. The lowest BCUT2D eigenvalue weighted by Gasteiger charge is -2.16. The molecule has 0 radical (unpaired) electrons. The van der Waals surface area contributed by atoms with Crippen LogP contribution >= 0.6 is 0 Å². The molecule has 52 heavy (non-hydrogen) atoms. The number of benzene rings is 8. The Morgan fingerprint density at radius 1 is 0.365 bits per heavy atom. The van der Waals surface area contributed by atoms with Gasteiger partial charge in [-0.2, -0.15) is 0 Å². The molecule has 0 bridgehead atoms. The summed E-state index contributed by atoms with van der Waals surface area (Å²) in [5.74, 6) is 0.655. The zero-order valence-corrected chi connectivity index (χ0v) is 28.1. The average Bonchev–Trinajstić information content (AvgIpc) is 3.73. The lowest BCUT2D eigenvalue weighted by Crippen LogP contribution is -2.04. The average molecular weight is 663 g/mol. The molecule has 0 aliphatic carbocycles. The van der Waals surface area contributed by atoms with Gasteiger partial charge in [0.25, 0.3) is 0 Å². The van der Waals surface area contributed by atoms with Gasteiger partial charge in [-0.1, -0.05) is 140 Å². The minimum absolute atomic E-state index is 0.655. The Bertz CT molecular complexity index is 3120. The molecule has 0 fully saturated rings. The van der Waals surface area contributed by atoms with E-state index in [4.69, 9.17) is 9.97 Å². The molecule has 0 spiro atoms. The first kappa shape index (κ1) is 28.8. The minimum atomic E-state index is 0.655. The maximum atomic E-state index is 5.38. The number of hydrogen-bond donors (Lipinski definition) is 0. The third-order valence-electron chi connectivity index (χ3n) is 10.5. The largest absolute Gasteiger partial charge is 0.309 e. The van der Waals surface area contributed by atoms with E-state index in [1.807, 2.05) is 6.07 Å². The summed E-state index contributed by atoms with van der Waals surface area (Å²) in [4.78, 5) is 10.7. The van der Waals surface area contributed by atoms with Crippen LogP contribution in [0.2, 0.25) is 0 Å². The molecule has 3 aromatic heterocycles. The van der Waals surface area contributed by atoms with E-state index >= 15 is 0 Å². The second-order valence-electron chi connectivity index (χ2n) is 13.4. The van der Waals surface area contributed by atoms with Crippen LogP contribution in [0.15, 0.2) is 182 Å². The van der Waals surface area contributed by atoms with E-state index in [2.05, 4.69) is 185 Å². The monoisotopic (exact) mass is 662 g/mol. The molecule has 11 rings (SSSR count). The Morgan fingerprint density at radius 3 is 1.60 bits per heavy atom. The number of nitrogens with zero attached hydrogens (tertiary/aromatic N) is 4. The third kappa shape index (κ3) is 4.21. The van der Waals surface area contributed by atoms with Gasteiger partial charge in [-0.05, 0) is 58.8 Å². The van der Waals surface area contributed by atoms with Crippen LogP contribution in [-0.2, 0) is 0 Å². The van der Waals surface area contributed by atoms with Gasteiger partial charge in [-0.25, -0.2) is 9.97 Å². The van der Waals surface area contributed by atoms with Gasteiger partial charge in [0.1, 0.15) is 0 Å². The van der Waals surface area contributed by atoms with Crippen LogP contribution in [-0.4, -0.2) is 19.1 Å². The molecule has 0 saturated carbocycles. The molecule has 3 heterocycles. The van der Waals surface area contributed by atoms with Crippen molar-refractivity contribution in [2.24, 2.45) is 0 Å². The fourth-order valence-electron chi connectivity index (χ4n) is 8.25. The molecule has 8 aromatic carbocycles. The van der Waals surface area contributed by atoms with E-state index < -0.39 is 0 Å². The molecule has 0 atom stereocenters. The number of aromatic nitrogens is 4. The van der Waals surface area contributed by atoms with Gasteiger partial charge >= 0.3 is 0 Å². The van der Waals surface area contributed by atoms with Gasteiger partial charge in [-0.15, -0.1) is 0 Å². The van der Waals surface area contributed by atoms with Crippen molar-refractivity contribution in [3.8, 4) is 34.0 Å². The maximum Gasteiger partial charge on any atom is 0.235 e. The van der Waals surface area contributed by atoms with Crippen molar-refractivity contribution in [3.05, 3.63) is 182 Å². The van der Waals surface area contributed by atoms with Crippen molar-refractivity contribution in [1.29, 1.82) is 0 Å². The van der Waals surface area contributed by atoms with Gasteiger partial charge in [0.05, 0.1) is 33.3 Å². The van der Waals surface area contributed by atoms with Gasteiger partial charge < -0.3 is 4.57 Å². The molecule has 0 aliphatic rings. The van der Waals surface area contributed by atoms with Crippen molar-refractivity contribution >= 4 is 65.3 Å².